The maximum absolute atomic E-state index is 11.1. The van der Waals surface area contributed by atoms with Gasteiger partial charge in [-0.05, 0) is 0 Å². The van der Waals surface area contributed by atoms with E-state index >= 15 is 0 Å². The van der Waals surface area contributed by atoms with Crippen LogP contribution in [0.4, 0.5) is 0 Å². The van der Waals surface area contributed by atoms with E-state index in [1.165, 1.54) is 7.11 Å². The van der Waals surface area contributed by atoms with Crippen molar-refractivity contribution in [1.82, 2.24) is 5.32 Å². The van der Waals surface area contributed by atoms with Crippen molar-refractivity contribution < 1.29 is 27.9 Å². The van der Waals surface area contributed by atoms with Gasteiger partial charge in [0, 0.05) is 19.8 Å². The van der Waals surface area contributed by atoms with Gasteiger partial charge in [0.25, 0.3) is 0 Å². The number of sulfone groups is 1. The topological polar surface area (TPSA) is 110 Å². The van der Waals surface area contributed by atoms with Gasteiger partial charge in [0.2, 0.25) is 5.91 Å². The van der Waals surface area contributed by atoms with Crippen molar-refractivity contribution in [3.05, 3.63) is 0 Å². The maximum atomic E-state index is 11.1. The molecule has 0 rings (SSSR count). The van der Waals surface area contributed by atoms with Gasteiger partial charge in [-0.2, -0.15) is 0 Å². The molecular formula is C8H15NO6S. The first-order valence-corrected chi connectivity index (χ1v) is 6.52. The van der Waals surface area contributed by atoms with E-state index in [1.54, 1.807) is 0 Å². The zero-order chi connectivity index (χ0) is 12.8. The van der Waals surface area contributed by atoms with Crippen LogP contribution in [-0.2, 0) is 24.2 Å². The van der Waals surface area contributed by atoms with Crippen molar-refractivity contribution in [2.75, 3.05) is 25.7 Å². The molecule has 2 N–H and O–H groups in total. The van der Waals surface area contributed by atoms with Crippen LogP contribution in [-0.4, -0.2) is 57.2 Å². The van der Waals surface area contributed by atoms with Gasteiger partial charge in [-0.1, -0.05) is 0 Å². The smallest absolute Gasteiger partial charge is 0.334 e. The van der Waals surface area contributed by atoms with Crippen LogP contribution in [0.1, 0.15) is 6.42 Å². The normalized spacial score (nSPS) is 13.1. The number of ether oxygens (including phenoxy) is 1. The van der Waals surface area contributed by atoms with Crippen LogP contribution in [0.5, 0.6) is 0 Å². The van der Waals surface area contributed by atoms with Gasteiger partial charge in [0.1, 0.15) is 9.84 Å². The van der Waals surface area contributed by atoms with Crippen molar-refractivity contribution in [2.45, 2.75) is 12.5 Å². The lowest BCUT2D eigenvalue weighted by atomic mass is 10.3. The Kier molecular flexibility index (Phi) is 5.97. The molecule has 0 bridgehead atoms. The Labute approximate surface area is 93.7 Å². The van der Waals surface area contributed by atoms with Gasteiger partial charge in [-0.15, -0.1) is 0 Å². The van der Waals surface area contributed by atoms with E-state index in [4.69, 9.17) is 5.11 Å². The third-order valence-electron chi connectivity index (χ3n) is 1.74. The van der Waals surface area contributed by atoms with Gasteiger partial charge in [0.15, 0.2) is 6.10 Å². The van der Waals surface area contributed by atoms with E-state index in [-0.39, 0.29) is 18.7 Å². The lowest BCUT2D eigenvalue weighted by molar-refractivity contribution is -0.148. The summed E-state index contributed by atoms with van der Waals surface area (Å²) in [6.07, 6.45) is -0.285. The second-order valence-electron chi connectivity index (χ2n) is 3.25. The molecule has 16 heavy (non-hydrogen) atoms. The fourth-order valence-electron chi connectivity index (χ4n) is 0.844. The number of rotatable bonds is 7. The predicted octanol–water partition coefficient (Wildman–Crippen LogP) is -1.36. The summed E-state index contributed by atoms with van der Waals surface area (Å²) in [4.78, 5) is 21.6. The second-order valence-corrected chi connectivity index (χ2v) is 5.51. The Morgan fingerprint density at radius 1 is 1.44 bits per heavy atom. The van der Waals surface area contributed by atoms with Gasteiger partial charge in [-0.25, -0.2) is 13.2 Å². The molecule has 0 heterocycles. The zero-order valence-electron chi connectivity index (χ0n) is 9.10. The van der Waals surface area contributed by atoms with Crippen molar-refractivity contribution in [2.24, 2.45) is 0 Å². The molecule has 0 aliphatic rings. The number of aliphatic carboxylic acids is 1. The van der Waals surface area contributed by atoms with Crippen molar-refractivity contribution >= 4 is 21.7 Å². The summed E-state index contributed by atoms with van der Waals surface area (Å²) >= 11 is 0. The molecule has 7 nitrogen and oxygen atoms in total. The van der Waals surface area contributed by atoms with Crippen LogP contribution >= 0.6 is 0 Å². The van der Waals surface area contributed by atoms with E-state index in [0.29, 0.717) is 0 Å². The fourth-order valence-corrected chi connectivity index (χ4v) is 1.40. The number of methoxy groups -OCH3 is 1. The van der Waals surface area contributed by atoms with Crippen molar-refractivity contribution in [3.63, 3.8) is 0 Å². The molecule has 1 unspecified atom stereocenters. The van der Waals surface area contributed by atoms with E-state index in [9.17, 15) is 18.0 Å². The summed E-state index contributed by atoms with van der Waals surface area (Å²) in [5, 5.41) is 10.9. The quantitative estimate of drug-likeness (QED) is 0.579. The number of carbonyl (C=O) groups excluding carboxylic acids is 1. The zero-order valence-corrected chi connectivity index (χ0v) is 9.91. The molecule has 0 aromatic rings. The molecule has 0 aromatic carbocycles. The van der Waals surface area contributed by atoms with E-state index in [2.05, 4.69) is 10.1 Å². The number of amides is 1. The summed E-state index contributed by atoms with van der Waals surface area (Å²) in [7, 11) is -1.98. The highest BCUT2D eigenvalue weighted by atomic mass is 32.2. The summed E-state index contributed by atoms with van der Waals surface area (Å²) < 4.78 is 26.1. The molecule has 0 fully saturated rings. The number of carboxylic acid groups (broad SMARTS) is 1. The number of nitrogens with one attached hydrogen (secondary N) is 1. The minimum atomic E-state index is -3.19. The largest absolute Gasteiger partial charge is 0.479 e. The Morgan fingerprint density at radius 3 is 2.38 bits per heavy atom. The van der Waals surface area contributed by atoms with E-state index < -0.39 is 27.8 Å². The summed E-state index contributed by atoms with van der Waals surface area (Å²) in [6, 6.07) is 0. The minimum absolute atomic E-state index is 0.186. The van der Waals surface area contributed by atoms with Crippen LogP contribution < -0.4 is 5.32 Å². The molecule has 0 saturated heterocycles. The minimum Gasteiger partial charge on any atom is -0.479 e. The monoisotopic (exact) mass is 253 g/mol. The number of carboxylic acids is 1. The van der Waals surface area contributed by atoms with Crippen LogP contribution in [0, 0.1) is 0 Å². The maximum Gasteiger partial charge on any atom is 0.334 e. The molecular weight excluding hydrogens is 238 g/mol. The molecule has 1 amide bonds. The highest BCUT2D eigenvalue weighted by molar-refractivity contribution is 7.90. The molecule has 0 saturated carbocycles. The Bertz CT molecular complexity index is 350. The lowest BCUT2D eigenvalue weighted by Gasteiger charge is -2.11. The molecule has 0 aliphatic carbocycles. The van der Waals surface area contributed by atoms with Gasteiger partial charge < -0.3 is 15.2 Å². The third kappa shape index (κ3) is 7.18. The van der Waals surface area contributed by atoms with E-state index in [1.807, 2.05) is 0 Å². The number of carbonyl (C=O) groups is 2. The summed E-state index contributed by atoms with van der Waals surface area (Å²) in [5.41, 5.74) is 0. The van der Waals surface area contributed by atoms with Crippen LogP contribution in [0.15, 0.2) is 0 Å². The lowest BCUT2D eigenvalue weighted by Crippen LogP contribution is -2.38. The fraction of sp³-hybridized carbons (Fsp3) is 0.750. The van der Waals surface area contributed by atoms with Gasteiger partial charge in [-0.3, -0.25) is 4.79 Å². The second kappa shape index (κ2) is 6.44. The highest BCUT2D eigenvalue weighted by Gasteiger charge is 2.17. The first-order valence-electron chi connectivity index (χ1n) is 4.46. The van der Waals surface area contributed by atoms with Crippen LogP contribution in [0.25, 0.3) is 0 Å². The van der Waals surface area contributed by atoms with Crippen molar-refractivity contribution in [1.29, 1.82) is 0 Å². The predicted molar refractivity (Wildman–Crippen MR) is 55.8 cm³/mol. The van der Waals surface area contributed by atoms with Crippen LogP contribution in [0.3, 0.4) is 0 Å². The molecule has 0 aliphatic heterocycles. The van der Waals surface area contributed by atoms with Gasteiger partial charge >= 0.3 is 5.97 Å². The molecule has 1 atom stereocenters. The molecule has 0 aromatic heterocycles. The molecule has 8 heteroatoms. The standard InChI is InChI=1S/C8H15NO6S/c1-15-6(8(11)12)5-9-7(10)3-4-16(2,13)14/h6H,3-5H2,1-2H3,(H,9,10)(H,11,12). The molecule has 94 valence electrons. The van der Waals surface area contributed by atoms with Crippen molar-refractivity contribution in [3.8, 4) is 0 Å². The first kappa shape index (κ1) is 14.8. The molecule has 0 radical (unpaired) electrons. The van der Waals surface area contributed by atoms with Gasteiger partial charge in [0.05, 0.1) is 12.3 Å². The Balaban J connectivity index is 3.94. The third-order valence-corrected chi connectivity index (χ3v) is 2.69. The first-order chi connectivity index (χ1) is 7.26. The highest BCUT2D eigenvalue weighted by Crippen LogP contribution is 1.91. The Morgan fingerprint density at radius 2 is 2.00 bits per heavy atom. The average molecular weight is 253 g/mol. The Hall–Kier alpha value is -1.15. The summed E-state index contributed by atoms with van der Waals surface area (Å²) in [6.45, 7) is -0.186. The SMILES string of the molecule is COC(CNC(=O)CCS(C)(=O)=O)C(=O)O. The molecule has 0 spiro atoms. The number of hydrogen-bond donors (Lipinski definition) is 2. The van der Waals surface area contributed by atoms with E-state index in [0.717, 1.165) is 6.26 Å². The summed E-state index contributed by atoms with van der Waals surface area (Å²) in [5.74, 6) is -1.97. The van der Waals surface area contributed by atoms with Crippen LogP contribution in [0.2, 0.25) is 0 Å². The number of hydrogen-bond acceptors (Lipinski definition) is 5. The average Bonchev–Trinajstić information content (AvgIpc) is 2.14.